The number of methoxy groups -OCH3 is 4. The molecule has 25 atom stereocenters. The SMILES string of the molecule is COC[C@H](C[C@H]1O[C@@](O)([C@@H](O)[C@@H]2C[C@H](OC)[C@@H](O)CCC=C(C)C=C[C@@H](O[C@@H]3O[C@@H](C)[C@H](OC)[C@@H](O)[C@@H]3OC(=O)CCC(=O)O)[C@@H](C)C=C(C)C=C(C)C=C(C)C(=O)O2)[C@H](C)[C@@H](O)[C@H]1C)O[C@H]1C[C@](C)(O)[C@@H](O[C@H]2C[C@@H](OC)[C@H](O)[C@@H](C)O2)[C@H](C)O1. The van der Waals surface area contributed by atoms with Gasteiger partial charge in [-0.25, -0.2) is 4.79 Å². The van der Waals surface area contributed by atoms with Crippen LogP contribution in [0.5, 0.6) is 0 Å². The molecule has 24 nitrogen and oxygen atoms in total. The van der Waals surface area contributed by atoms with Crippen LogP contribution in [-0.4, -0.2) is 228 Å². The Hall–Kier alpha value is -3.61. The fourth-order valence-corrected chi connectivity index (χ4v) is 12.1. The lowest BCUT2D eigenvalue weighted by Gasteiger charge is -2.51. The second-order valence-electron chi connectivity index (χ2n) is 24.3. The van der Waals surface area contributed by atoms with Gasteiger partial charge in [-0.05, 0) is 74.3 Å². The average molecular weight is 1230 g/mol. The van der Waals surface area contributed by atoms with E-state index in [1.807, 2.05) is 45.1 Å². The van der Waals surface area contributed by atoms with Crippen molar-refractivity contribution in [3.63, 3.8) is 0 Å². The van der Waals surface area contributed by atoms with Gasteiger partial charge < -0.3 is 102 Å². The summed E-state index contributed by atoms with van der Waals surface area (Å²) in [6.07, 6.45) is -10.8. The smallest absolute Gasteiger partial charge is 0.334 e. The third-order valence-corrected chi connectivity index (χ3v) is 17.2. The van der Waals surface area contributed by atoms with E-state index < -0.39 is 183 Å². The number of hydrogen-bond donors (Lipinski definition) is 8. The van der Waals surface area contributed by atoms with E-state index in [-0.39, 0.29) is 44.3 Å². The maximum atomic E-state index is 14.2. The lowest BCUT2D eigenvalue weighted by molar-refractivity contribution is -0.366. The minimum atomic E-state index is -2.57. The van der Waals surface area contributed by atoms with Gasteiger partial charge in [0.15, 0.2) is 25.0 Å². The molecule has 0 amide bonds. The number of carboxylic acid groups (broad SMARTS) is 1. The van der Waals surface area contributed by atoms with Gasteiger partial charge in [-0.3, -0.25) is 9.59 Å². The van der Waals surface area contributed by atoms with Gasteiger partial charge in [0.2, 0.25) is 5.79 Å². The first-order chi connectivity index (χ1) is 40.4. The summed E-state index contributed by atoms with van der Waals surface area (Å²) in [4.78, 5) is 38.3. The van der Waals surface area contributed by atoms with Crippen LogP contribution in [0.25, 0.3) is 0 Å². The predicted octanol–water partition coefficient (Wildman–Crippen LogP) is 4.00. The molecule has 0 unspecified atom stereocenters. The van der Waals surface area contributed by atoms with Gasteiger partial charge in [0, 0.05) is 77.4 Å². The second-order valence-corrected chi connectivity index (χ2v) is 24.3. The topological polar surface area (TPSA) is 333 Å². The van der Waals surface area contributed by atoms with E-state index in [9.17, 15) is 55.2 Å². The first-order valence-electron chi connectivity index (χ1n) is 29.9. The summed E-state index contributed by atoms with van der Waals surface area (Å²) in [7, 11) is 5.70. The zero-order valence-corrected chi connectivity index (χ0v) is 52.7. The van der Waals surface area contributed by atoms with E-state index in [1.165, 1.54) is 42.3 Å². The van der Waals surface area contributed by atoms with Gasteiger partial charge in [0.05, 0.1) is 86.1 Å². The third-order valence-electron chi connectivity index (χ3n) is 17.2. The molecule has 0 aromatic heterocycles. The molecule has 0 aliphatic carbocycles. The summed E-state index contributed by atoms with van der Waals surface area (Å²) in [6.45, 7) is 18.8. The Morgan fingerprint density at radius 2 is 1.44 bits per heavy atom. The molecule has 4 fully saturated rings. The van der Waals surface area contributed by atoms with Crippen LogP contribution in [0.3, 0.4) is 0 Å². The predicted molar refractivity (Wildman–Crippen MR) is 308 cm³/mol. The van der Waals surface area contributed by atoms with E-state index in [2.05, 4.69) is 0 Å². The monoisotopic (exact) mass is 1230 g/mol. The maximum Gasteiger partial charge on any atom is 0.334 e. The minimum absolute atomic E-state index is 0.0112. The molecular weight excluding hydrogens is 1130 g/mol. The van der Waals surface area contributed by atoms with Gasteiger partial charge in [0.1, 0.15) is 36.6 Å². The van der Waals surface area contributed by atoms with Crippen molar-refractivity contribution < 1.29 is 117 Å². The van der Waals surface area contributed by atoms with Crippen LogP contribution < -0.4 is 0 Å². The van der Waals surface area contributed by atoms with Gasteiger partial charge in [-0.1, -0.05) is 67.9 Å². The molecule has 5 rings (SSSR count). The highest BCUT2D eigenvalue weighted by molar-refractivity contribution is 5.88. The van der Waals surface area contributed by atoms with Gasteiger partial charge >= 0.3 is 17.9 Å². The number of carboxylic acids is 1. The zero-order valence-electron chi connectivity index (χ0n) is 52.7. The van der Waals surface area contributed by atoms with Crippen LogP contribution in [0.15, 0.2) is 58.7 Å². The van der Waals surface area contributed by atoms with Crippen molar-refractivity contribution in [2.45, 2.75) is 262 Å². The zero-order chi connectivity index (χ0) is 64.1. The number of hydrogen-bond acceptors (Lipinski definition) is 23. The Morgan fingerprint density at radius 1 is 0.767 bits per heavy atom. The Bertz CT molecular complexity index is 2340. The van der Waals surface area contributed by atoms with E-state index in [4.69, 9.17) is 61.6 Å². The molecule has 0 bridgehead atoms. The molecule has 0 spiro atoms. The lowest BCUT2D eigenvalue weighted by Crippen LogP contribution is -2.66. The second kappa shape index (κ2) is 32.9. The lowest BCUT2D eigenvalue weighted by atomic mass is 9.76. The average Bonchev–Trinajstić information content (AvgIpc) is 1.18. The first kappa shape index (κ1) is 73.1. The molecule has 0 radical (unpaired) electrons. The Balaban J connectivity index is 1.39. The van der Waals surface area contributed by atoms with Gasteiger partial charge in [-0.15, -0.1) is 0 Å². The molecule has 5 heterocycles. The third kappa shape index (κ3) is 19.5. The number of aliphatic hydroxyl groups is 7. The number of allylic oxidation sites excluding steroid dienone is 7. The molecule has 4 saturated heterocycles. The highest BCUT2D eigenvalue weighted by atomic mass is 16.7. The van der Waals surface area contributed by atoms with Crippen molar-refractivity contribution in [1.29, 1.82) is 0 Å². The van der Waals surface area contributed by atoms with Crippen molar-refractivity contribution in [3.05, 3.63) is 58.7 Å². The van der Waals surface area contributed by atoms with Crippen molar-refractivity contribution in [2.24, 2.45) is 17.8 Å². The molecule has 0 aromatic rings. The number of ether oxygens (including phenoxy) is 13. The molecule has 0 aromatic carbocycles. The van der Waals surface area contributed by atoms with Crippen molar-refractivity contribution in [3.8, 4) is 0 Å². The van der Waals surface area contributed by atoms with Crippen LogP contribution in [0.4, 0.5) is 0 Å². The quantitative estimate of drug-likeness (QED) is 0.0847. The summed E-state index contributed by atoms with van der Waals surface area (Å²) in [5.74, 6) is -7.76. The normalized spacial score (nSPS) is 40.9. The number of carbonyl (C=O) groups is 3. The van der Waals surface area contributed by atoms with Gasteiger partial charge in [0.25, 0.3) is 0 Å². The molecular formula is C62H100O24. The molecule has 5 aliphatic rings. The first-order valence-corrected chi connectivity index (χ1v) is 29.9. The van der Waals surface area contributed by atoms with Crippen LogP contribution in [0.2, 0.25) is 0 Å². The highest BCUT2D eigenvalue weighted by Crippen LogP contribution is 2.43. The minimum Gasteiger partial charge on any atom is -0.481 e. The van der Waals surface area contributed by atoms with Gasteiger partial charge in [-0.2, -0.15) is 0 Å². The van der Waals surface area contributed by atoms with Crippen LogP contribution in [-0.2, 0) is 76.0 Å². The largest absolute Gasteiger partial charge is 0.481 e. The summed E-state index contributed by atoms with van der Waals surface area (Å²) >= 11 is 0. The standard InChI is InChI=1S/C62H100O24/c1-31-17-16-18-42(63)45(75-13)27-47(82-59(71)35(5)25-33(3)23-32(2)24-34(4)43(20-19-31)83-60-56(84-49(66)22-21-48(64)65)54(69)55(77-15)39(9)80-60)57(70)62(73)37(7)52(67)36(6)44(86-62)26-41(30-74-12)81-51-29-61(11,72)58(40(10)79-51)85-50-28-46(76-14)53(68)38(8)78-50/h17,19-20,23-25,34,36-47,50-58,60,63,67-70,72-73H,16,18,21-22,26-30H2,1-15H3,(H,64,65)/t34-,36-,37+,38+,39-,40-,41-,42-,43+,44+,45-,46+,47-,50-,51-,52-,53+,54+,55-,56-,57-,58-,60-,61-,62+/m0/s1. The van der Waals surface area contributed by atoms with E-state index in [0.717, 1.165) is 11.1 Å². The summed E-state index contributed by atoms with van der Waals surface area (Å²) in [6, 6.07) is 0. The summed E-state index contributed by atoms with van der Waals surface area (Å²) < 4.78 is 78.2. The molecule has 0 saturated carbocycles. The van der Waals surface area contributed by atoms with Crippen molar-refractivity contribution >= 4 is 17.9 Å². The fraction of sp³-hybridized carbons (Fsp3) is 0.790. The van der Waals surface area contributed by atoms with Crippen LogP contribution >= 0.6 is 0 Å². The molecule has 5 aliphatic heterocycles. The number of carbonyl (C=O) groups excluding carboxylic acids is 2. The van der Waals surface area contributed by atoms with E-state index in [1.54, 1.807) is 53.7 Å². The van der Waals surface area contributed by atoms with Crippen molar-refractivity contribution in [1.82, 2.24) is 0 Å². The fourth-order valence-electron chi connectivity index (χ4n) is 12.1. The summed E-state index contributed by atoms with van der Waals surface area (Å²) in [5, 5.41) is 91.6. The summed E-state index contributed by atoms with van der Waals surface area (Å²) in [5.41, 5.74) is 0.728. The molecule has 492 valence electrons. The van der Waals surface area contributed by atoms with E-state index in [0.29, 0.717) is 12.0 Å². The Kier molecular flexibility index (Phi) is 28.0. The highest BCUT2D eigenvalue weighted by Gasteiger charge is 2.58. The number of rotatable bonds is 19. The number of esters is 2. The number of aliphatic hydroxyl groups excluding tert-OH is 5. The Morgan fingerprint density at radius 3 is 2.07 bits per heavy atom. The van der Waals surface area contributed by atoms with Crippen LogP contribution in [0, 0.1) is 17.8 Å². The molecule has 8 N–H and O–H groups in total. The molecule has 24 heteroatoms. The number of cyclic esters (lactones) is 1. The van der Waals surface area contributed by atoms with Crippen molar-refractivity contribution in [2.75, 3.05) is 35.0 Å². The Labute approximate surface area is 506 Å². The van der Waals surface area contributed by atoms with Crippen LogP contribution in [0.1, 0.15) is 128 Å². The number of aliphatic carboxylic acids is 1. The maximum absolute atomic E-state index is 14.2. The van der Waals surface area contributed by atoms with E-state index >= 15 is 0 Å². The molecule has 86 heavy (non-hydrogen) atoms.